The van der Waals surface area contributed by atoms with E-state index in [4.69, 9.17) is 9.97 Å². The third kappa shape index (κ3) is 6.15. The summed E-state index contributed by atoms with van der Waals surface area (Å²) in [5, 5.41) is 2.60. The summed E-state index contributed by atoms with van der Waals surface area (Å²) in [7, 11) is 0. The normalized spacial score (nSPS) is 14.2. The van der Waals surface area contributed by atoms with Gasteiger partial charge in [-0.15, -0.1) is 11.3 Å². The summed E-state index contributed by atoms with van der Waals surface area (Å²) in [5.74, 6) is 0.699. The van der Waals surface area contributed by atoms with Gasteiger partial charge in [-0.05, 0) is 92.4 Å². The van der Waals surface area contributed by atoms with E-state index in [0.29, 0.717) is 5.82 Å². The minimum Gasteiger partial charge on any atom is -0.228 e. The lowest BCUT2D eigenvalue weighted by atomic mass is 9.73. The predicted molar refractivity (Wildman–Crippen MR) is 265 cm³/mol. The van der Waals surface area contributed by atoms with Gasteiger partial charge in [0.2, 0.25) is 0 Å². The third-order valence-electron chi connectivity index (χ3n) is 13.0. The first kappa shape index (κ1) is 37.1. The molecule has 296 valence electrons. The molecule has 0 spiro atoms. The molecule has 2 aromatic heterocycles. The molecule has 2 nitrogen and oxygen atoms in total. The van der Waals surface area contributed by atoms with Crippen molar-refractivity contribution in [2.75, 3.05) is 0 Å². The van der Waals surface area contributed by atoms with Gasteiger partial charge in [0.15, 0.2) is 5.82 Å². The van der Waals surface area contributed by atoms with Crippen LogP contribution in [0, 0.1) is 0 Å². The zero-order valence-corrected chi connectivity index (χ0v) is 35.5. The van der Waals surface area contributed by atoms with E-state index in [1.54, 1.807) is 0 Å². The van der Waals surface area contributed by atoms with Crippen molar-refractivity contribution in [3.63, 3.8) is 0 Å². The Labute approximate surface area is 371 Å². The van der Waals surface area contributed by atoms with Crippen LogP contribution in [-0.2, 0) is 5.41 Å². The number of rotatable bonds is 7. The highest BCUT2D eigenvalue weighted by Crippen LogP contribution is 2.56. The van der Waals surface area contributed by atoms with E-state index < -0.39 is 0 Å². The molecule has 3 heteroatoms. The zero-order valence-electron chi connectivity index (χ0n) is 34.7. The number of aromatic nitrogens is 2. The third-order valence-corrected chi connectivity index (χ3v) is 14.2. The molecule has 0 radical (unpaired) electrons. The summed E-state index contributed by atoms with van der Waals surface area (Å²) in [4.78, 5) is 10.6. The molecule has 1 unspecified atom stereocenters. The number of benzene rings is 9. The lowest BCUT2D eigenvalue weighted by Gasteiger charge is -2.29. The summed E-state index contributed by atoms with van der Waals surface area (Å²) in [6, 6.07) is 81.1. The molecular formula is C60H40N2S. The van der Waals surface area contributed by atoms with Crippen LogP contribution in [0.25, 0.3) is 98.6 Å². The van der Waals surface area contributed by atoms with Crippen molar-refractivity contribution in [1.82, 2.24) is 9.97 Å². The van der Waals surface area contributed by atoms with Gasteiger partial charge in [-0.2, -0.15) is 0 Å². The second-order valence-corrected chi connectivity index (χ2v) is 17.6. The monoisotopic (exact) mass is 820 g/mol. The fourth-order valence-electron chi connectivity index (χ4n) is 9.92. The largest absolute Gasteiger partial charge is 0.228 e. The highest BCUT2D eigenvalue weighted by Gasteiger charge is 2.42. The minimum absolute atomic E-state index is 0.366. The molecule has 1 atom stereocenters. The maximum atomic E-state index is 5.35. The number of fused-ring (bicyclic) bond motifs is 6. The van der Waals surface area contributed by atoms with Crippen LogP contribution < -0.4 is 0 Å². The van der Waals surface area contributed by atoms with Gasteiger partial charge in [0, 0.05) is 42.3 Å². The van der Waals surface area contributed by atoms with Gasteiger partial charge in [0.1, 0.15) is 0 Å². The van der Waals surface area contributed by atoms with Crippen molar-refractivity contribution >= 4 is 31.5 Å². The average molecular weight is 821 g/mol. The number of hydrogen-bond donors (Lipinski definition) is 0. The fourth-order valence-corrected chi connectivity index (χ4v) is 11.2. The summed E-state index contributed by atoms with van der Waals surface area (Å²) in [5.41, 5.74) is 18.1. The standard InChI is InChI=1S/C60H40N2S/c1-60(44-24-9-4-10-25-44)52-32-17-29-46(39-18-5-2-6-19-39)57(52)51-35-34-42(37-53(51)60)45-26-11-12-27-48(45)55-38-54(61-59(62-55)40-20-7-3-8-21-40)43-23-15-22-41(36-43)47-30-16-31-50-49-28-13-14-33-56(49)63-58(47)50/h2-38H,1H3. The maximum absolute atomic E-state index is 5.35. The molecule has 12 rings (SSSR count). The summed E-state index contributed by atoms with van der Waals surface area (Å²) in [6.07, 6.45) is 0. The Morgan fingerprint density at radius 2 is 0.952 bits per heavy atom. The van der Waals surface area contributed by atoms with E-state index in [2.05, 4.69) is 225 Å². The zero-order chi connectivity index (χ0) is 41.9. The van der Waals surface area contributed by atoms with Crippen LogP contribution in [0.5, 0.6) is 0 Å². The number of hydrogen-bond acceptors (Lipinski definition) is 3. The van der Waals surface area contributed by atoms with Crippen LogP contribution in [0.1, 0.15) is 23.6 Å². The van der Waals surface area contributed by atoms with Crippen LogP contribution >= 0.6 is 11.3 Å². The van der Waals surface area contributed by atoms with E-state index in [9.17, 15) is 0 Å². The van der Waals surface area contributed by atoms with Crippen LogP contribution in [0.15, 0.2) is 224 Å². The minimum atomic E-state index is -0.366. The van der Waals surface area contributed by atoms with Gasteiger partial charge < -0.3 is 0 Å². The Kier molecular flexibility index (Phi) is 8.84. The Bertz CT molecular complexity index is 3520. The predicted octanol–water partition coefficient (Wildman–Crippen LogP) is 16.2. The molecular weight excluding hydrogens is 781 g/mol. The van der Waals surface area contributed by atoms with E-state index in [0.717, 1.165) is 39.2 Å². The van der Waals surface area contributed by atoms with E-state index in [1.807, 2.05) is 17.4 Å². The van der Waals surface area contributed by atoms with Crippen molar-refractivity contribution in [3.05, 3.63) is 241 Å². The molecule has 0 amide bonds. The maximum Gasteiger partial charge on any atom is 0.160 e. The highest BCUT2D eigenvalue weighted by molar-refractivity contribution is 7.26. The van der Waals surface area contributed by atoms with Gasteiger partial charge in [0.05, 0.1) is 11.4 Å². The Morgan fingerprint density at radius 3 is 1.78 bits per heavy atom. The molecule has 63 heavy (non-hydrogen) atoms. The van der Waals surface area contributed by atoms with Gasteiger partial charge >= 0.3 is 0 Å². The lowest BCUT2D eigenvalue weighted by molar-refractivity contribution is 0.714. The molecule has 0 N–H and O–H groups in total. The van der Waals surface area contributed by atoms with Crippen LogP contribution in [0.2, 0.25) is 0 Å². The summed E-state index contributed by atoms with van der Waals surface area (Å²) < 4.78 is 2.60. The van der Waals surface area contributed by atoms with E-state index >= 15 is 0 Å². The molecule has 1 aliphatic carbocycles. The quantitative estimate of drug-likeness (QED) is 0.160. The van der Waals surface area contributed by atoms with Crippen molar-refractivity contribution in [2.45, 2.75) is 12.3 Å². The fraction of sp³-hybridized carbons (Fsp3) is 0.0333. The molecule has 0 fully saturated rings. The first-order chi connectivity index (χ1) is 31.1. The van der Waals surface area contributed by atoms with Gasteiger partial charge in [0.25, 0.3) is 0 Å². The first-order valence-electron chi connectivity index (χ1n) is 21.6. The molecule has 9 aromatic carbocycles. The van der Waals surface area contributed by atoms with Crippen molar-refractivity contribution < 1.29 is 0 Å². The molecule has 0 saturated heterocycles. The van der Waals surface area contributed by atoms with Gasteiger partial charge in [-0.1, -0.05) is 200 Å². The average Bonchev–Trinajstić information content (AvgIpc) is 3.87. The second-order valence-electron chi connectivity index (χ2n) is 16.6. The number of thiophene rings is 1. The van der Waals surface area contributed by atoms with Crippen LogP contribution in [0.3, 0.4) is 0 Å². The molecule has 0 saturated carbocycles. The van der Waals surface area contributed by atoms with E-state index in [-0.39, 0.29) is 5.41 Å². The summed E-state index contributed by atoms with van der Waals surface area (Å²) in [6.45, 7) is 2.40. The van der Waals surface area contributed by atoms with Gasteiger partial charge in [-0.3, -0.25) is 0 Å². The molecule has 2 heterocycles. The first-order valence-corrected chi connectivity index (χ1v) is 22.4. The SMILES string of the molecule is CC1(c2ccccc2)c2cc(-c3ccccc3-c3cc(-c4cccc(-c5cccc6c5sc5ccccc56)c4)nc(-c4ccccc4)n3)ccc2-c2c(-c3ccccc3)cccc21. The van der Waals surface area contributed by atoms with Gasteiger partial charge in [-0.25, -0.2) is 9.97 Å². The molecule has 1 aliphatic rings. The van der Waals surface area contributed by atoms with Crippen LogP contribution in [-0.4, -0.2) is 9.97 Å². The smallest absolute Gasteiger partial charge is 0.160 e. The Balaban J connectivity index is 1.02. The topological polar surface area (TPSA) is 25.8 Å². The van der Waals surface area contributed by atoms with Crippen molar-refractivity contribution in [1.29, 1.82) is 0 Å². The number of nitrogens with zero attached hydrogens (tertiary/aromatic N) is 2. The van der Waals surface area contributed by atoms with Crippen LogP contribution in [0.4, 0.5) is 0 Å². The molecule has 11 aromatic rings. The van der Waals surface area contributed by atoms with E-state index in [1.165, 1.54) is 70.2 Å². The Morgan fingerprint density at radius 1 is 0.365 bits per heavy atom. The van der Waals surface area contributed by atoms with Crippen molar-refractivity contribution in [3.8, 4) is 78.4 Å². The molecule has 0 aliphatic heterocycles. The highest BCUT2D eigenvalue weighted by atomic mass is 32.1. The molecule has 0 bridgehead atoms. The lowest BCUT2D eigenvalue weighted by Crippen LogP contribution is -2.22. The summed E-state index contributed by atoms with van der Waals surface area (Å²) >= 11 is 1.86. The second kappa shape index (κ2) is 15.0. The van der Waals surface area contributed by atoms with Crippen molar-refractivity contribution in [2.24, 2.45) is 0 Å². The Hall–Kier alpha value is -7.72.